The van der Waals surface area contributed by atoms with Crippen LogP contribution in [0.4, 0.5) is 0 Å². The Bertz CT molecular complexity index is 1550. The lowest BCUT2D eigenvalue weighted by Crippen LogP contribution is -2.60. The van der Waals surface area contributed by atoms with Crippen molar-refractivity contribution >= 4 is 27.7 Å². The van der Waals surface area contributed by atoms with Gasteiger partial charge in [0, 0.05) is 32.9 Å². The van der Waals surface area contributed by atoms with Crippen molar-refractivity contribution in [2.75, 3.05) is 6.26 Å². The summed E-state index contributed by atoms with van der Waals surface area (Å²) in [6.45, 7) is 3.40. The minimum atomic E-state index is -4.05. The fourth-order valence-corrected chi connectivity index (χ4v) is 7.13. The zero-order valence-electron chi connectivity index (χ0n) is 25.7. The SMILES string of the molecule is CC(=O)OC1C(c2ccc(C3CC3)c(C(CC3=CC=CCC3)C3=COC=CO3)c2)OC(S(C)(=O)=O)C(OC(C)=O)C1OC(C)=O. The van der Waals surface area contributed by atoms with E-state index in [4.69, 9.17) is 28.4 Å². The van der Waals surface area contributed by atoms with Gasteiger partial charge in [0.1, 0.15) is 30.6 Å². The molecule has 6 unspecified atom stereocenters. The van der Waals surface area contributed by atoms with Gasteiger partial charge in [-0.05, 0) is 54.7 Å². The van der Waals surface area contributed by atoms with E-state index in [1.165, 1.54) is 25.0 Å². The molecule has 2 aliphatic carbocycles. The highest BCUT2D eigenvalue weighted by Crippen LogP contribution is 2.48. The maximum Gasteiger partial charge on any atom is 0.303 e. The molecule has 5 rings (SSSR count). The molecule has 0 spiro atoms. The summed E-state index contributed by atoms with van der Waals surface area (Å²) in [5, 5.41) is 0. The number of rotatable bonds is 10. The van der Waals surface area contributed by atoms with Gasteiger partial charge in [-0.2, -0.15) is 0 Å². The molecule has 6 atom stereocenters. The zero-order chi connectivity index (χ0) is 32.3. The van der Waals surface area contributed by atoms with Gasteiger partial charge in [0.25, 0.3) is 0 Å². The third-order valence-corrected chi connectivity index (χ3v) is 9.31. The van der Waals surface area contributed by atoms with E-state index in [9.17, 15) is 22.8 Å². The van der Waals surface area contributed by atoms with Crippen LogP contribution >= 0.6 is 0 Å². The second kappa shape index (κ2) is 13.6. The molecule has 2 fully saturated rings. The molecule has 4 aliphatic rings. The average molecular weight is 643 g/mol. The number of hydrogen-bond donors (Lipinski definition) is 0. The van der Waals surface area contributed by atoms with E-state index in [-0.39, 0.29) is 5.92 Å². The molecule has 1 saturated heterocycles. The Kier molecular flexibility index (Phi) is 9.83. The molecule has 242 valence electrons. The van der Waals surface area contributed by atoms with Crippen LogP contribution < -0.4 is 0 Å². The number of allylic oxidation sites excluding steroid dienone is 5. The third kappa shape index (κ3) is 7.85. The number of esters is 3. The van der Waals surface area contributed by atoms with E-state index in [0.717, 1.165) is 56.9 Å². The maximum atomic E-state index is 13.0. The lowest BCUT2D eigenvalue weighted by Gasteiger charge is -2.44. The topological polar surface area (TPSA) is 141 Å². The van der Waals surface area contributed by atoms with Gasteiger partial charge in [-0.15, -0.1) is 0 Å². The summed E-state index contributed by atoms with van der Waals surface area (Å²) in [5.41, 5.74) is 2.05. The number of hydrogen-bond acceptors (Lipinski definition) is 11. The molecule has 45 heavy (non-hydrogen) atoms. The Balaban J connectivity index is 1.64. The van der Waals surface area contributed by atoms with Gasteiger partial charge in [-0.25, -0.2) is 8.42 Å². The Morgan fingerprint density at radius 1 is 0.956 bits per heavy atom. The van der Waals surface area contributed by atoms with Gasteiger partial charge in [0.15, 0.2) is 33.6 Å². The van der Waals surface area contributed by atoms with Crippen LogP contribution in [0.25, 0.3) is 0 Å². The smallest absolute Gasteiger partial charge is 0.303 e. The molecular formula is C33H38O11S. The summed E-state index contributed by atoms with van der Waals surface area (Å²) in [4.78, 5) is 36.7. The van der Waals surface area contributed by atoms with E-state index in [0.29, 0.717) is 23.7 Å². The predicted molar refractivity (Wildman–Crippen MR) is 161 cm³/mol. The molecule has 1 saturated carbocycles. The zero-order valence-corrected chi connectivity index (χ0v) is 26.5. The molecule has 11 nitrogen and oxygen atoms in total. The average Bonchev–Trinajstić information content (AvgIpc) is 3.83. The molecule has 0 aromatic heterocycles. The number of carbonyl (C=O) groups is 3. The lowest BCUT2D eigenvalue weighted by atomic mass is 9.82. The van der Waals surface area contributed by atoms with Gasteiger partial charge >= 0.3 is 17.9 Å². The second-order valence-electron chi connectivity index (χ2n) is 11.7. The molecule has 0 amide bonds. The largest absolute Gasteiger partial charge is 0.466 e. The lowest BCUT2D eigenvalue weighted by molar-refractivity contribution is -0.234. The summed E-state index contributed by atoms with van der Waals surface area (Å²) >= 11 is 0. The molecule has 12 heteroatoms. The van der Waals surface area contributed by atoms with Crippen LogP contribution in [-0.4, -0.2) is 56.3 Å². The number of ether oxygens (including phenoxy) is 6. The standard InChI is InChI=1S/C33H38O11S/c1-19(34)41-30-29(44-33(45(4,37)38)32(43-21(3)36)31(30)42-20(2)35)24-12-13-25(23-10-11-23)26(17-24)27(28-18-39-14-15-40-28)16-22-8-6-5-7-9-22/h5-6,8,12-15,17-18,23,27,29-33H,7,9-11,16H2,1-4H3. The fraction of sp³-hybridized carbons (Fsp3) is 0.485. The van der Waals surface area contributed by atoms with E-state index < -0.39 is 57.6 Å². The van der Waals surface area contributed by atoms with Crippen LogP contribution in [0, 0.1) is 0 Å². The van der Waals surface area contributed by atoms with Crippen molar-refractivity contribution in [1.82, 2.24) is 0 Å². The van der Waals surface area contributed by atoms with E-state index in [1.807, 2.05) is 18.2 Å². The van der Waals surface area contributed by atoms with E-state index in [2.05, 4.69) is 12.2 Å². The summed E-state index contributed by atoms with van der Waals surface area (Å²) < 4.78 is 60.3. The first kappa shape index (κ1) is 32.5. The van der Waals surface area contributed by atoms with Crippen molar-refractivity contribution in [3.63, 3.8) is 0 Å². The first-order chi connectivity index (χ1) is 21.4. The highest BCUT2D eigenvalue weighted by Gasteiger charge is 2.55. The highest BCUT2D eigenvalue weighted by molar-refractivity contribution is 7.91. The third-order valence-electron chi connectivity index (χ3n) is 8.09. The molecule has 0 radical (unpaired) electrons. The van der Waals surface area contributed by atoms with E-state index >= 15 is 0 Å². The fourth-order valence-electron chi connectivity index (χ4n) is 6.11. The highest BCUT2D eigenvalue weighted by atomic mass is 32.2. The van der Waals surface area contributed by atoms with Crippen molar-refractivity contribution < 1.29 is 51.2 Å². The van der Waals surface area contributed by atoms with Crippen LogP contribution in [-0.2, 0) is 52.6 Å². The van der Waals surface area contributed by atoms with Gasteiger partial charge in [-0.3, -0.25) is 14.4 Å². The minimum Gasteiger partial charge on any atom is -0.466 e. The molecular weight excluding hydrogens is 604 g/mol. The van der Waals surface area contributed by atoms with Crippen molar-refractivity contribution in [2.45, 2.75) is 94.6 Å². The van der Waals surface area contributed by atoms with Gasteiger partial charge in [0.2, 0.25) is 0 Å². The predicted octanol–water partition coefficient (Wildman–Crippen LogP) is 4.91. The normalized spacial score (nSPS) is 26.8. The second-order valence-corrected chi connectivity index (χ2v) is 13.9. The number of sulfone groups is 1. The van der Waals surface area contributed by atoms with Gasteiger partial charge < -0.3 is 28.4 Å². The molecule has 2 aliphatic heterocycles. The van der Waals surface area contributed by atoms with Gasteiger partial charge in [0.05, 0.1) is 0 Å². The monoisotopic (exact) mass is 642 g/mol. The van der Waals surface area contributed by atoms with Crippen LogP contribution in [0.3, 0.4) is 0 Å². The summed E-state index contributed by atoms with van der Waals surface area (Å²) in [6.07, 6.45) is 10.6. The van der Waals surface area contributed by atoms with Crippen molar-refractivity contribution in [3.05, 3.63) is 83.2 Å². The minimum absolute atomic E-state index is 0.261. The van der Waals surface area contributed by atoms with Crippen LogP contribution in [0.5, 0.6) is 0 Å². The molecule has 2 heterocycles. The van der Waals surface area contributed by atoms with Crippen molar-refractivity contribution in [2.24, 2.45) is 0 Å². The first-order valence-electron chi connectivity index (χ1n) is 14.9. The van der Waals surface area contributed by atoms with Gasteiger partial charge in [-0.1, -0.05) is 42.0 Å². The number of carbonyl (C=O) groups excluding carboxylic acids is 3. The van der Waals surface area contributed by atoms with E-state index in [1.54, 1.807) is 12.3 Å². The Labute approximate surface area is 262 Å². The van der Waals surface area contributed by atoms with Crippen LogP contribution in [0.15, 0.2) is 66.5 Å². The summed E-state index contributed by atoms with van der Waals surface area (Å²) in [7, 11) is -4.05. The van der Waals surface area contributed by atoms with Crippen LogP contribution in [0.1, 0.15) is 87.5 Å². The number of benzene rings is 1. The first-order valence-corrected chi connectivity index (χ1v) is 16.9. The Hall–Kier alpha value is -3.90. The quantitative estimate of drug-likeness (QED) is 0.254. The molecule has 1 aromatic carbocycles. The van der Waals surface area contributed by atoms with Crippen LogP contribution in [0.2, 0.25) is 0 Å². The Morgan fingerprint density at radius 3 is 2.22 bits per heavy atom. The van der Waals surface area contributed by atoms with Crippen molar-refractivity contribution in [1.29, 1.82) is 0 Å². The molecule has 1 aromatic rings. The molecule has 0 bridgehead atoms. The van der Waals surface area contributed by atoms with Crippen molar-refractivity contribution in [3.8, 4) is 0 Å². The summed E-state index contributed by atoms with van der Waals surface area (Å²) in [6, 6.07) is 5.70. The maximum absolute atomic E-state index is 13.0. The Morgan fingerprint density at radius 2 is 1.64 bits per heavy atom. The molecule has 0 N–H and O–H groups in total. The summed E-state index contributed by atoms with van der Waals surface area (Å²) in [5.74, 6) is -1.65.